The van der Waals surface area contributed by atoms with Crippen molar-refractivity contribution in [1.29, 1.82) is 0 Å². The molecule has 116 heavy (non-hydrogen) atoms. The number of nitrogens with zero attached hydrogens (tertiary/aromatic N) is 8. The zero-order chi connectivity index (χ0) is 76.3. The molecule has 0 aliphatic carbocycles. The Kier molecular flexibility index (Phi) is 15.8. The fourth-order valence-corrected chi connectivity index (χ4v) is 19.6. The first-order valence-corrected chi connectivity index (χ1v) is 40.7. The second-order valence-corrected chi connectivity index (χ2v) is 31.7. The van der Waals surface area contributed by atoms with Crippen LogP contribution in [0.25, 0.3) is 229 Å². The van der Waals surface area contributed by atoms with E-state index < -0.39 is 0 Å². The number of aromatic nitrogens is 8. The first-order chi connectivity index (χ1) is 57.5. The van der Waals surface area contributed by atoms with E-state index in [0.717, 1.165) is 99.5 Å². The smallest absolute Gasteiger partial charge is 0.166 e. The van der Waals surface area contributed by atoms with Gasteiger partial charge in [0.25, 0.3) is 0 Å². The van der Waals surface area contributed by atoms with Crippen molar-refractivity contribution in [2.24, 2.45) is 0 Å². The molecule has 540 valence electrons. The monoisotopic (exact) mass is 1510 g/mol. The average molecular weight is 1510 g/mol. The molecular weight excluding hydrogens is 1450 g/mol. The van der Waals surface area contributed by atoms with Gasteiger partial charge in [0.1, 0.15) is 0 Å². The van der Waals surface area contributed by atoms with E-state index >= 15 is 0 Å². The van der Waals surface area contributed by atoms with Crippen LogP contribution in [0.2, 0.25) is 0 Å². The van der Waals surface area contributed by atoms with E-state index in [-0.39, 0.29) is 0 Å². The molecular formula is C106H64N8S2. The minimum absolute atomic E-state index is 0.626. The van der Waals surface area contributed by atoms with E-state index in [1.54, 1.807) is 11.3 Å². The lowest BCUT2D eigenvalue weighted by Crippen LogP contribution is -2.04. The second-order valence-electron chi connectivity index (χ2n) is 29.6. The summed E-state index contributed by atoms with van der Waals surface area (Å²) in [6.07, 6.45) is 0. The summed E-state index contributed by atoms with van der Waals surface area (Å²) in [5, 5.41) is 18.9. The molecule has 24 aromatic rings. The fraction of sp³-hybridized carbons (Fsp3) is 0. The summed E-state index contributed by atoms with van der Waals surface area (Å²) >= 11 is 3.60. The number of hydrogen-bond donors (Lipinski definition) is 0. The molecule has 0 saturated heterocycles. The van der Waals surface area contributed by atoms with Gasteiger partial charge in [-0.15, -0.1) is 22.7 Å². The maximum Gasteiger partial charge on any atom is 0.166 e. The maximum atomic E-state index is 5.49. The van der Waals surface area contributed by atoms with Crippen molar-refractivity contribution in [2.45, 2.75) is 0 Å². The first-order valence-electron chi connectivity index (χ1n) is 39.0. The predicted molar refractivity (Wildman–Crippen MR) is 488 cm³/mol. The molecule has 0 N–H and O–H groups in total. The van der Waals surface area contributed by atoms with E-state index in [1.807, 2.05) is 23.5 Å². The molecule has 0 amide bonds. The Morgan fingerprint density at radius 2 is 0.534 bits per heavy atom. The molecule has 0 bridgehead atoms. The number of hydrogen-bond acceptors (Lipinski definition) is 8. The van der Waals surface area contributed by atoms with Gasteiger partial charge in [-0.05, 0) is 150 Å². The van der Waals surface area contributed by atoms with Gasteiger partial charge in [0.15, 0.2) is 34.9 Å². The number of thiophene rings is 2. The largest absolute Gasteiger partial charge is 0.308 e. The normalized spacial score (nSPS) is 11.8. The third kappa shape index (κ3) is 11.3. The molecule has 6 aromatic heterocycles. The summed E-state index contributed by atoms with van der Waals surface area (Å²) in [7, 11) is 0. The van der Waals surface area contributed by atoms with Crippen molar-refractivity contribution in [3.63, 3.8) is 0 Å². The van der Waals surface area contributed by atoms with Crippen LogP contribution in [0.3, 0.4) is 0 Å². The van der Waals surface area contributed by atoms with Crippen LogP contribution in [0.15, 0.2) is 388 Å². The summed E-state index contributed by atoms with van der Waals surface area (Å²) < 4.78 is 9.73. The van der Waals surface area contributed by atoms with Crippen molar-refractivity contribution in [1.82, 2.24) is 39.0 Å². The quantitative estimate of drug-likeness (QED) is 0.136. The highest BCUT2D eigenvalue weighted by atomic mass is 32.1. The van der Waals surface area contributed by atoms with Gasteiger partial charge in [0.2, 0.25) is 0 Å². The van der Waals surface area contributed by atoms with Crippen LogP contribution in [0.4, 0.5) is 0 Å². The third-order valence-corrected chi connectivity index (χ3v) is 25.2. The Labute approximate surface area is 674 Å². The Morgan fingerprint density at radius 1 is 0.181 bits per heavy atom. The molecule has 0 aliphatic heterocycles. The molecule has 24 rings (SSSR count). The van der Waals surface area contributed by atoms with Crippen molar-refractivity contribution in [3.05, 3.63) is 388 Å². The standard InChI is InChI=1S/2C53H32N4S/c1-2-13-33(14-3-1)34-25-27-36(28-26-34)51-54-52(43-22-12-21-42-41-20-9-11-24-48(41)58-50(42)43)56-53(55-51)49-39-18-7-6-15-35(39)29-30-46(49)57-45-23-10-8-19-40(45)44-31-37-16-4-5-17-38(37)32-47(44)57;1-2-12-33(13-3-1)34-22-24-36(25-23-34)51-54-52(39-27-29-49-44(31-39)42-19-9-11-21-48(42)58-49)56-53(55-51)50-40-17-7-6-14-35(40)26-28-46(50)57-45-20-10-8-18-41(45)43-30-37-15-4-5-16-38(37)32-47(43)57/h2*1-32H. The van der Waals surface area contributed by atoms with Crippen LogP contribution in [-0.2, 0) is 0 Å². The highest BCUT2D eigenvalue weighted by Gasteiger charge is 2.26. The van der Waals surface area contributed by atoms with Gasteiger partial charge in [-0.2, -0.15) is 0 Å². The van der Waals surface area contributed by atoms with Crippen LogP contribution in [0.1, 0.15) is 0 Å². The van der Waals surface area contributed by atoms with Crippen molar-refractivity contribution in [2.75, 3.05) is 0 Å². The highest BCUT2D eigenvalue weighted by Crippen LogP contribution is 2.47. The van der Waals surface area contributed by atoms with Crippen LogP contribution >= 0.6 is 22.7 Å². The molecule has 10 heteroatoms. The number of rotatable bonds is 10. The minimum Gasteiger partial charge on any atom is -0.308 e. The Bertz CT molecular complexity index is 8070. The van der Waals surface area contributed by atoms with Crippen molar-refractivity contribution >= 4 is 150 Å². The topological polar surface area (TPSA) is 87.2 Å². The molecule has 0 saturated carbocycles. The van der Waals surface area contributed by atoms with Crippen LogP contribution in [-0.4, -0.2) is 39.0 Å². The summed E-state index contributed by atoms with van der Waals surface area (Å²) in [5.74, 6) is 3.80. The predicted octanol–water partition coefficient (Wildman–Crippen LogP) is 28.6. The Balaban J connectivity index is 0.000000137. The molecule has 0 aliphatic rings. The molecule has 0 spiro atoms. The Hall–Kier alpha value is -14.9. The lowest BCUT2D eigenvalue weighted by atomic mass is 10.0. The zero-order valence-corrected chi connectivity index (χ0v) is 64.0. The maximum absolute atomic E-state index is 5.49. The second kappa shape index (κ2) is 27.5. The van der Waals surface area contributed by atoms with Gasteiger partial charge in [0, 0.05) is 84.1 Å². The number of fused-ring (bicyclic) bond motifs is 16. The molecule has 8 nitrogen and oxygen atoms in total. The zero-order valence-electron chi connectivity index (χ0n) is 62.3. The first kappa shape index (κ1) is 66.8. The van der Waals surface area contributed by atoms with E-state index in [0.29, 0.717) is 34.9 Å². The molecule has 0 fully saturated rings. The van der Waals surface area contributed by atoms with Gasteiger partial charge in [-0.25, -0.2) is 29.9 Å². The highest BCUT2D eigenvalue weighted by molar-refractivity contribution is 7.26. The summed E-state index contributed by atoms with van der Waals surface area (Å²) in [6, 6.07) is 138. The average Bonchev–Trinajstić information content (AvgIpc) is 1.56. The van der Waals surface area contributed by atoms with Crippen molar-refractivity contribution in [3.8, 4) is 102 Å². The van der Waals surface area contributed by atoms with E-state index in [4.69, 9.17) is 29.9 Å². The lowest BCUT2D eigenvalue weighted by Gasteiger charge is -2.17. The van der Waals surface area contributed by atoms with Gasteiger partial charge < -0.3 is 9.13 Å². The SMILES string of the molecule is c1ccc(-c2ccc(-c3nc(-c4c(-n5c6ccccc6c6cc7ccccc7cc65)ccc5ccccc45)nc(-c4cccc5c4sc4ccccc45)n3)cc2)cc1.c1ccc(-c2ccc(-c3nc(-c4ccc5sc6ccccc6c5c4)nc(-c4c(-n5c6ccccc6c6cc7ccccc7cc65)ccc5ccccc45)n3)cc2)cc1. The number of para-hydroxylation sites is 2. The van der Waals surface area contributed by atoms with Gasteiger partial charge in [-0.1, -0.05) is 303 Å². The van der Waals surface area contributed by atoms with Crippen LogP contribution < -0.4 is 0 Å². The molecule has 6 heterocycles. The summed E-state index contributed by atoms with van der Waals surface area (Å²) in [4.78, 5) is 32.3. The van der Waals surface area contributed by atoms with Gasteiger partial charge in [0.05, 0.1) is 44.6 Å². The van der Waals surface area contributed by atoms with E-state index in [1.165, 1.54) is 94.6 Å². The summed E-state index contributed by atoms with van der Waals surface area (Å²) in [5.41, 5.74) is 16.9. The van der Waals surface area contributed by atoms with E-state index in [9.17, 15) is 0 Å². The Morgan fingerprint density at radius 3 is 1.05 bits per heavy atom. The minimum atomic E-state index is 0.626. The van der Waals surface area contributed by atoms with Gasteiger partial charge in [-0.3, -0.25) is 0 Å². The molecule has 0 radical (unpaired) electrons. The molecule has 0 unspecified atom stereocenters. The number of benzene rings is 18. The molecule has 0 atom stereocenters. The fourth-order valence-electron chi connectivity index (χ4n) is 17.3. The lowest BCUT2D eigenvalue weighted by molar-refractivity contribution is 1.07. The van der Waals surface area contributed by atoms with Crippen LogP contribution in [0.5, 0.6) is 0 Å². The molecule has 18 aromatic carbocycles. The summed E-state index contributed by atoms with van der Waals surface area (Å²) in [6.45, 7) is 0. The van der Waals surface area contributed by atoms with Crippen molar-refractivity contribution < 1.29 is 0 Å². The van der Waals surface area contributed by atoms with Gasteiger partial charge >= 0.3 is 0 Å². The third-order valence-electron chi connectivity index (χ3n) is 22.9. The van der Waals surface area contributed by atoms with Crippen LogP contribution in [0, 0.1) is 0 Å². The van der Waals surface area contributed by atoms with E-state index in [2.05, 4.69) is 385 Å².